The molecule has 0 unspecified atom stereocenters. The van der Waals surface area contributed by atoms with Gasteiger partial charge in [0.2, 0.25) is 5.91 Å². The van der Waals surface area contributed by atoms with E-state index in [2.05, 4.69) is 24.1 Å². The van der Waals surface area contributed by atoms with Gasteiger partial charge in [-0.2, -0.15) is 0 Å². The molecule has 0 radical (unpaired) electrons. The van der Waals surface area contributed by atoms with Crippen LogP contribution in [0.25, 0.3) is 0 Å². The average molecular weight is 312 g/mol. The summed E-state index contributed by atoms with van der Waals surface area (Å²) in [5.74, 6) is -0.0117. The lowest BCUT2D eigenvalue weighted by molar-refractivity contribution is -0.117. The fourth-order valence-corrected chi connectivity index (χ4v) is 2.28. The zero-order valence-electron chi connectivity index (χ0n) is 13.4. The summed E-state index contributed by atoms with van der Waals surface area (Å²) in [5, 5.41) is 3.59. The van der Waals surface area contributed by atoms with Gasteiger partial charge in [-0.25, -0.2) is 0 Å². The van der Waals surface area contributed by atoms with E-state index in [-0.39, 0.29) is 5.91 Å². The zero-order valence-corrected chi connectivity index (χ0v) is 14.2. The molecule has 0 aromatic heterocycles. The molecule has 4 nitrogen and oxygen atoms in total. The van der Waals surface area contributed by atoms with E-state index < -0.39 is 0 Å². The second-order valence-corrected chi connectivity index (χ2v) is 5.63. The third-order valence-corrected chi connectivity index (χ3v) is 4.06. The molecule has 118 valence electrons. The fourth-order valence-electron chi connectivity index (χ4n) is 2.11. The lowest BCUT2D eigenvalue weighted by Crippen LogP contribution is -2.37. The van der Waals surface area contributed by atoms with Gasteiger partial charge in [0.05, 0.1) is 6.54 Å². The first-order valence-corrected chi connectivity index (χ1v) is 7.81. The maximum atomic E-state index is 12.1. The summed E-state index contributed by atoms with van der Waals surface area (Å²) >= 11 is 6.05. The molecular weight excluding hydrogens is 286 g/mol. The van der Waals surface area contributed by atoms with Gasteiger partial charge in [0.15, 0.2) is 0 Å². The van der Waals surface area contributed by atoms with Gasteiger partial charge in [0.25, 0.3) is 0 Å². The molecule has 0 spiro atoms. The van der Waals surface area contributed by atoms with Gasteiger partial charge >= 0.3 is 0 Å². The highest BCUT2D eigenvalue weighted by molar-refractivity contribution is 6.31. The summed E-state index contributed by atoms with van der Waals surface area (Å²) in [6, 6.07) is 5.53. The van der Waals surface area contributed by atoms with E-state index in [1.165, 1.54) is 0 Å². The van der Waals surface area contributed by atoms with Crippen LogP contribution in [-0.2, 0) is 4.79 Å². The van der Waals surface area contributed by atoms with Crippen molar-refractivity contribution in [2.75, 3.05) is 45.1 Å². The number of hydrogen-bond donors (Lipinski definition) is 1. The van der Waals surface area contributed by atoms with E-state index >= 15 is 0 Å². The van der Waals surface area contributed by atoms with Crippen LogP contribution in [0.15, 0.2) is 18.2 Å². The predicted molar refractivity (Wildman–Crippen MR) is 90.1 cm³/mol. The van der Waals surface area contributed by atoms with Crippen LogP contribution < -0.4 is 5.32 Å². The Bertz CT molecular complexity index is 461. The molecule has 1 aromatic carbocycles. The Kier molecular flexibility index (Phi) is 7.72. The minimum Gasteiger partial charge on any atom is -0.325 e. The molecule has 1 amide bonds. The van der Waals surface area contributed by atoms with Crippen molar-refractivity contribution < 1.29 is 4.79 Å². The highest BCUT2D eigenvalue weighted by Crippen LogP contribution is 2.22. The summed E-state index contributed by atoms with van der Waals surface area (Å²) in [6.45, 7) is 10.5. The van der Waals surface area contributed by atoms with Crippen LogP contribution in [0, 0.1) is 6.92 Å². The summed E-state index contributed by atoms with van der Waals surface area (Å²) in [5.41, 5.74) is 1.68. The van der Waals surface area contributed by atoms with Crippen LogP contribution in [0.5, 0.6) is 0 Å². The number of nitrogens with one attached hydrogen (secondary N) is 1. The summed E-state index contributed by atoms with van der Waals surface area (Å²) < 4.78 is 0. The number of carbonyl (C=O) groups excluding carboxylic acids is 1. The second-order valence-electron chi connectivity index (χ2n) is 5.23. The van der Waals surface area contributed by atoms with Crippen molar-refractivity contribution in [3.05, 3.63) is 28.8 Å². The van der Waals surface area contributed by atoms with E-state index in [9.17, 15) is 4.79 Å². The largest absolute Gasteiger partial charge is 0.325 e. The lowest BCUT2D eigenvalue weighted by Gasteiger charge is -2.22. The SMILES string of the molecule is CCN(CC)CCN(C)CC(=O)Nc1cccc(Cl)c1C. The molecule has 0 aliphatic carbocycles. The van der Waals surface area contributed by atoms with Crippen molar-refractivity contribution in [1.82, 2.24) is 9.80 Å². The summed E-state index contributed by atoms with van der Waals surface area (Å²) in [6.07, 6.45) is 0. The smallest absolute Gasteiger partial charge is 0.238 e. The topological polar surface area (TPSA) is 35.6 Å². The molecule has 5 heteroatoms. The standard InChI is InChI=1S/C16H26ClN3O/c1-5-20(6-2)11-10-19(4)12-16(21)18-15-9-7-8-14(17)13(15)3/h7-9H,5-6,10-12H2,1-4H3,(H,18,21). The normalized spacial score (nSPS) is 11.2. The van der Waals surface area contributed by atoms with E-state index in [4.69, 9.17) is 11.6 Å². The third-order valence-electron chi connectivity index (χ3n) is 3.65. The average Bonchev–Trinajstić information content (AvgIpc) is 2.45. The van der Waals surface area contributed by atoms with Gasteiger partial charge in [0, 0.05) is 23.8 Å². The number of amides is 1. The van der Waals surface area contributed by atoms with Gasteiger partial charge in [0.1, 0.15) is 0 Å². The quantitative estimate of drug-likeness (QED) is 0.802. The Hall–Kier alpha value is -1.10. The molecule has 0 aliphatic rings. The van der Waals surface area contributed by atoms with E-state index in [1.54, 1.807) is 0 Å². The highest BCUT2D eigenvalue weighted by atomic mass is 35.5. The lowest BCUT2D eigenvalue weighted by atomic mass is 10.2. The van der Waals surface area contributed by atoms with Gasteiger partial charge in [-0.15, -0.1) is 0 Å². The molecular formula is C16H26ClN3O. The molecule has 1 N–H and O–H groups in total. The van der Waals surface area contributed by atoms with Crippen LogP contribution in [0.4, 0.5) is 5.69 Å². The molecule has 0 atom stereocenters. The Morgan fingerprint density at radius 3 is 2.52 bits per heavy atom. The predicted octanol–water partition coefficient (Wildman–Crippen LogP) is 2.86. The molecule has 0 saturated heterocycles. The number of anilines is 1. The maximum absolute atomic E-state index is 12.1. The van der Waals surface area contributed by atoms with Gasteiger partial charge in [-0.05, 0) is 44.8 Å². The summed E-state index contributed by atoms with van der Waals surface area (Å²) in [4.78, 5) is 16.4. The molecule has 0 saturated carbocycles. The van der Waals surface area contributed by atoms with Crippen LogP contribution in [0.1, 0.15) is 19.4 Å². The van der Waals surface area contributed by atoms with Crippen LogP contribution >= 0.6 is 11.6 Å². The Labute approximate surface area is 133 Å². The van der Waals surface area contributed by atoms with Gasteiger partial charge in [-0.1, -0.05) is 31.5 Å². The first-order valence-electron chi connectivity index (χ1n) is 7.43. The monoisotopic (exact) mass is 311 g/mol. The minimum atomic E-state index is -0.0117. The Balaban J connectivity index is 2.44. The number of rotatable bonds is 8. The number of nitrogens with zero attached hydrogens (tertiary/aromatic N) is 2. The minimum absolute atomic E-state index is 0.0117. The Morgan fingerprint density at radius 1 is 1.24 bits per heavy atom. The third kappa shape index (κ3) is 6.04. The van der Waals surface area contributed by atoms with Crippen LogP contribution in [0.3, 0.4) is 0 Å². The maximum Gasteiger partial charge on any atom is 0.238 e. The van der Waals surface area contributed by atoms with E-state index in [0.717, 1.165) is 37.4 Å². The van der Waals surface area contributed by atoms with Crippen LogP contribution in [-0.4, -0.2) is 55.5 Å². The van der Waals surface area contributed by atoms with Gasteiger partial charge in [-0.3, -0.25) is 9.69 Å². The molecule has 21 heavy (non-hydrogen) atoms. The first-order chi connectivity index (χ1) is 9.97. The van der Waals surface area contributed by atoms with E-state index in [1.807, 2.05) is 37.1 Å². The number of benzene rings is 1. The molecule has 1 aromatic rings. The van der Waals surface area contributed by atoms with Gasteiger partial charge < -0.3 is 10.2 Å². The number of halogens is 1. The highest BCUT2D eigenvalue weighted by Gasteiger charge is 2.10. The zero-order chi connectivity index (χ0) is 15.8. The number of carbonyl (C=O) groups is 1. The molecule has 0 bridgehead atoms. The van der Waals surface area contributed by atoms with Crippen molar-refractivity contribution >= 4 is 23.2 Å². The first kappa shape index (κ1) is 18.0. The molecule has 0 aliphatic heterocycles. The van der Waals surface area contributed by atoms with Crippen LogP contribution in [0.2, 0.25) is 5.02 Å². The molecule has 1 rings (SSSR count). The second kappa shape index (κ2) is 9.03. The van der Waals surface area contributed by atoms with Crippen molar-refractivity contribution in [3.63, 3.8) is 0 Å². The number of hydrogen-bond acceptors (Lipinski definition) is 3. The fraction of sp³-hybridized carbons (Fsp3) is 0.562. The van der Waals surface area contributed by atoms with Crippen molar-refractivity contribution in [3.8, 4) is 0 Å². The molecule has 0 heterocycles. The van der Waals surface area contributed by atoms with E-state index in [0.29, 0.717) is 11.6 Å². The summed E-state index contributed by atoms with van der Waals surface area (Å²) in [7, 11) is 1.97. The van der Waals surface area contributed by atoms with Crippen molar-refractivity contribution in [2.24, 2.45) is 0 Å². The molecule has 0 fully saturated rings. The van der Waals surface area contributed by atoms with Crippen molar-refractivity contribution in [1.29, 1.82) is 0 Å². The Morgan fingerprint density at radius 2 is 1.90 bits per heavy atom. The number of likely N-dealkylation sites (N-methyl/N-ethyl adjacent to an activating group) is 2. The van der Waals surface area contributed by atoms with Crippen molar-refractivity contribution in [2.45, 2.75) is 20.8 Å².